The van der Waals surface area contributed by atoms with Gasteiger partial charge in [-0.3, -0.25) is 4.79 Å². The Morgan fingerprint density at radius 2 is 2.00 bits per heavy atom. The molecule has 0 amide bonds. The summed E-state index contributed by atoms with van der Waals surface area (Å²) in [5.41, 5.74) is 0. The number of hydrogen-bond acceptors (Lipinski definition) is 2. The molecule has 0 aliphatic heterocycles. The molecule has 0 heterocycles. The zero-order valence-electron chi connectivity index (χ0n) is 7.40. The minimum absolute atomic E-state index is 0.424. The number of Topliss-reactive ketones (excluding diaryl/α,β-unsaturated/α-hetero) is 1. The van der Waals surface area contributed by atoms with Crippen LogP contribution in [0.3, 0.4) is 0 Å². The van der Waals surface area contributed by atoms with E-state index >= 15 is 0 Å². The molecule has 1 fully saturated rings. The van der Waals surface area contributed by atoms with E-state index < -0.39 is 0 Å². The normalized spacial score (nSPS) is 22.2. The van der Waals surface area contributed by atoms with Crippen molar-refractivity contribution in [3.63, 3.8) is 0 Å². The van der Waals surface area contributed by atoms with E-state index in [2.05, 4.69) is 12.1 Å². The summed E-state index contributed by atoms with van der Waals surface area (Å²) in [7, 11) is 0. The van der Waals surface area contributed by atoms with E-state index in [9.17, 15) is 4.79 Å². The third-order valence-electron chi connectivity index (χ3n) is 2.25. The average molecular weight is 192 g/mol. The molecule has 0 aromatic heterocycles. The van der Waals surface area contributed by atoms with Crippen molar-refractivity contribution >= 4 is 17.5 Å². The Morgan fingerprint density at radius 1 is 1.23 bits per heavy atom. The molecule has 1 aromatic carbocycles. The van der Waals surface area contributed by atoms with Gasteiger partial charge >= 0.3 is 0 Å². The van der Waals surface area contributed by atoms with E-state index in [1.807, 2.05) is 30.0 Å². The maximum absolute atomic E-state index is 11.0. The second-order valence-electron chi connectivity index (χ2n) is 3.33. The molecule has 0 radical (unpaired) electrons. The molecule has 0 saturated heterocycles. The van der Waals surface area contributed by atoms with Crippen LogP contribution in [0.25, 0.3) is 0 Å². The molecular weight excluding hydrogens is 180 g/mol. The van der Waals surface area contributed by atoms with Crippen LogP contribution in [0.2, 0.25) is 0 Å². The van der Waals surface area contributed by atoms with Gasteiger partial charge in [0.15, 0.2) is 0 Å². The average Bonchev–Trinajstić information content (AvgIpc) is 2.53. The summed E-state index contributed by atoms with van der Waals surface area (Å²) in [6.07, 6.45) is 2.60. The summed E-state index contributed by atoms with van der Waals surface area (Å²) in [5.74, 6) is 0.424. The quantitative estimate of drug-likeness (QED) is 0.716. The van der Waals surface area contributed by atoms with E-state index in [1.165, 1.54) is 4.90 Å². The van der Waals surface area contributed by atoms with Crippen LogP contribution in [0, 0.1) is 0 Å². The summed E-state index contributed by atoms with van der Waals surface area (Å²) < 4.78 is 0. The molecule has 0 N–H and O–H groups in total. The van der Waals surface area contributed by atoms with Gasteiger partial charge in [-0.15, -0.1) is 11.8 Å². The minimum atomic E-state index is 0.424. The number of rotatable bonds is 2. The van der Waals surface area contributed by atoms with E-state index in [-0.39, 0.29) is 0 Å². The lowest BCUT2D eigenvalue weighted by Crippen LogP contribution is -1.95. The first-order chi connectivity index (χ1) is 6.34. The summed E-state index contributed by atoms with van der Waals surface area (Å²) in [4.78, 5) is 12.3. The van der Waals surface area contributed by atoms with Crippen molar-refractivity contribution in [3.8, 4) is 0 Å². The molecule has 1 saturated carbocycles. The van der Waals surface area contributed by atoms with Gasteiger partial charge in [0.25, 0.3) is 0 Å². The highest BCUT2D eigenvalue weighted by molar-refractivity contribution is 8.00. The third kappa shape index (κ3) is 2.34. The van der Waals surface area contributed by atoms with Crippen molar-refractivity contribution < 1.29 is 4.79 Å². The number of carbonyl (C=O) groups excluding carboxylic acids is 1. The van der Waals surface area contributed by atoms with E-state index in [0.717, 1.165) is 19.3 Å². The van der Waals surface area contributed by atoms with Gasteiger partial charge in [-0.25, -0.2) is 0 Å². The Bertz CT molecular complexity index is 294. The second kappa shape index (κ2) is 3.97. The van der Waals surface area contributed by atoms with Crippen molar-refractivity contribution in [1.82, 2.24) is 0 Å². The highest BCUT2D eigenvalue weighted by Gasteiger charge is 2.22. The van der Waals surface area contributed by atoms with Crippen LogP contribution in [-0.2, 0) is 4.79 Å². The lowest BCUT2D eigenvalue weighted by Gasteiger charge is -2.06. The van der Waals surface area contributed by atoms with Crippen LogP contribution in [0.5, 0.6) is 0 Å². The minimum Gasteiger partial charge on any atom is -0.300 e. The summed E-state index contributed by atoms with van der Waals surface area (Å²) in [6.45, 7) is 0. The SMILES string of the molecule is O=C1CCC(Sc2ccccc2)C1. The highest BCUT2D eigenvalue weighted by atomic mass is 32.2. The molecule has 1 atom stereocenters. The Morgan fingerprint density at radius 3 is 2.62 bits per heavy atom. The number of benzene rings is 1. The molecule has 2 heteroatoms. The Hall–Kier alpha value is -0.760. The fraction of sp³-hybridized carbons (Fsp3) is 0.364. The van der Waals surface area contributed by atoms with Gasteiger partial charge in [-0.2, -0.15) is 0 Å². The van der Waals surface area contributed by atoms with Gasteiger partial charge in [0.1, 0.15) is 5.78 Å². The van der Waals surface area contributed by atoms with Crippen LogP contribution in [0.4, 0.5) is 0 Å². The fourth-order valence-corrected chi connectivity index (χ4v) is 2.78. The van der Waals surface area contributed by atoms with E-state index in [0.29, 0.717) is 11.0 Å². The Kier molecular flexibility index (Phi) is 2.69. The first-order valence-electron chi connectivity index (χ1n) is 4.58. The largest absolute Gasteiger partial charge is 0.300 e. The number of carbonyl (C=O) groups is 1. The maximum atomic E-state index is 11.0. The predicted molar refractivity (Wildman–Crippen MR) is 54.9 cm³/mol. The molecule has 1 aliphatic rings. The smallest absolute Gasteiger partial charge is 0.134 e. The zero-order valence-corrected chi connectivity index (χ0v) is 8.22. The molecule has 68 valence electrons. The van der Waals surface area contributed by atoms with E-state index in [1.54, 1.807) is 0 Å². The van der Waals surface area contributed by atoms with Gasteiger partial charge in [-0.1, -0.05) is 18.2 Å². The van der Waals surface area contributed by atoms with Crippen molar-refractivity contribution in [2.24, 2.45) is 0 Å². The first-order valence-corrected chi connectivity index (χ1v) is 5.46. The number of ketones is 1. The lowest BCUT2D eigenvalue weighted by atomic mass is 10.4. The molecule has 13 heavy (non-hydrogen) atoms. The van der Waals surface area contributed by atoms with E-state index in [4.69, 9.17) is 0 Å². The number of hydrogen-bond donors (Lipinski definition) is 0. The van der Waals surface area contributed by atoms with Gasteiger partial charge in [0, 0.05) is 23.0 Å². The molecule has 1 nitrogen and oxygen atoms in total. The lowest BCUT2D eigenvalue weighted by molar-refractivity contribution is -0.117. The fourth-order valence-electron chi connectivity index (χ4n) is 1.57. The summed E-state index contributed by atoms with van der Waals surface area (Å²) in [6, 6.07) is 10.3. The highest BCUT2D eigenvalue weighted by Crippen LogP contribution is 2.32. The molecule has 1 aromatic rings. The zero-order chi connectivity index (χ0) is 9.10. The Labute approximate surface area is 82.5 Å². The molecular formula is C11H12OS. The molecule has 2 rings (SSSR count). The topological polar surface area (TPSA) is 17.1 Å². The van der Waals surface area contributed by atoms with Gasteiger partial charge < -0.3 is 0 Å². The predicted octanol–water partition coefficient (Wildman–Crippen LogP) is 2.90. The molecule has 0 spiro atoms. The summed E-state index contributed by atoms with van der Waals surface area (Å²) >= 11 is 1.83. The van der Waals surface area contributed by atoms with Crippen molar-refractivity contribution in [2.75, 3.05) is 0 Å². The molecule has 0 bridgehead atoms. The van der Waals surface area contributed by atoms with Gasteiger partial charge in [0.05, 0.1) is 0 Å². The van der Waals surface area contributed by atoms with Crippen molar-refractivity contribution in [1.29, 1.82) is 0 Å². The van der Waals surface area contributed by atoms with Crippen molar-refractivity contribution in [2.45, 2.75) is 29.4 Å². The molecule has 1 aliphatic carbocycles. The molecule has 1 unspecified atom stereocenters. The standard InChI is InChI=1S/C11H12OS/c12-9-6-7-11(8-9)13-10-4-2-1-3-5-10/h1-5,11H,6-8H2. The van der Waals surface area contributed by atoms with Crippen LogP contribution in [0.1, 0.15) is 19.3 Å². The van der Waals surface area contributed by atoms with Crippen LogP contribution in [-0.4, -0.2) is 11.0 Å². The van der Waals surface area contributed by atoms with Crippen LogP contribution < -0.4 is 0 Å². The Balaban J connectivity index is 1.96. The monoisotopic (exact) mass is 192 g/mol. The van der Waals surface area contributed by atoms with Crippen molar-refractivity contribution in [3.05, 3.63) is 30.3 Å². The maximum Gasteiger partial charge on any atom is 0.134 e. The first kappa shape index (κ1) is 8.82. The van der Waals surface area contributed by atoms with Gasteiger partial charge in [-0.05, 0) is 18.6 Å². The number of thioether (sulfide) groups is 1. The van der Waals surface area contributed by atoms with Gasteiger partial charge in [0.2, 0.25) is 0 Å². The second-order valence-corrected chi connectivity index (χ2v) is 4.71. The third-order valence-corrected chi connectivity index (χ3v) is 3.53. The van der Waals surface area contributed by atoms with Crippen LogP contribution >= 0.6 is 11.8 Å². The summed E-state index contributed by atoms with van der Waals surface area (Å²) in [5, 5.41) is 0.523. The van der Waals surface area contributed by atoms with Crippen LogP contribution in [0.15, 0.2) is 35.2 Å².